The van der Waals surface area contributed by atoms with Crippen molar-refractivity contribution in [3.05, 3.63) is 83.4 Å². The van der Waals surface area contributed by atoms with E-state index in [1.54, 1.807) is 42.5 Å². The van der Waals surface area contributed by atoms with Gasteiger partial charge in [0.15, 0.2) is 21.3 Å². The molecule has 0 aliphatic carbocycles. The van der Waals surface area contributed by atoms with Crippen LogP contribution in [0.4, 0.5) is 5.69 Å². The number of rotatable bonds is 6. The molecule has 7 nitrogen and oxygen atoms in total. The molecule has 0 spiro atoms. The lowest BCUT2D eigenvalue weighted by atomic mass is 10.1. The highest BCUT2D eigenvalue weighted by Gasteiger charge is 2.19. The molecule has 168 valence electrons. The highest BCUT2D eigenvalue weighted by atomic mass is 35.5. The second kappa shape index (κ2) is 9.09. The fourth-order valence-electron chi connectivity index (χ4n) is 3.17. The summed E-state index contributed by atoms with van der Waals surface area (Å²) in [6.45, 7) is 0. The van der Waals surface area contributed by atoms with Gasteiger partial charge in [-0.05, 0) is 42.5 Å². The first-order valence-corrected chi connectivity index (χ1v) is 12.0. The quantitative estimate of drug-likeness (QED) is 0.398. The van der Waals surface area contributed by atoms with Crippen molar-refractivity contribution in [1.29, 1.82) is 0 Å². The van der Waals surface area contributed by atoms with Crippen molar-refractivity contribution >= 4 is 43.9 Å². The van der Waals surface area contributed by atoms with E-state index in [0.717, 1.165) is 11.6 Å². The fourth-order valence-corrected chi connectivity index (χ4v) is 4.00. The lowest BCUT2D eigenvalue weighted by Gasteiger charge is -2.14. The molecule has 0 fully saturated rings. The molecule has 4 rings (SSSR count). The Bertz CT molecular complexity index is 1470. The predicted octanol–water partition coefficient (Wildman–Crippen LogP) is 5.34. The third kappa shape index (κ3) is 5.08. The van der Waals surface area contributed by atoms with Crippen LogP contribution >= 0.6 is 11.6 Å². The summed E-state index contributed by atoms with van der Waals surface area (Å²) in [4.78, 5) is 17.8. The average molecular weight is 483 g/mol. The standard InChI is InChI=1S/C24H19ClN2O5S/c1-31-22-13-16(25)10-11-21(22)32-24-19(12-15-6-3-4-9-20(15)27-24)23(28)26-17-7-5-8-18(14-17)33(2,29)30/h3-14H,1-2H3,(H,26,28). The predicted molar refractivity (Wildman–Crippen MR) is 127 cm³/mol. The van der Waals surface area contributed by atoms with Crippen LogP contribution in [-0.4, -0.2) is 32.7 Å². The Labute approximate surface area is 195 Å². The van der Waals surface area contributed by atoms with Crippen LogP contribution in [0, 0.1) is 0 Å². The zero-order chi connectivity index (χ0) is 23.6. The summed E-state index contributed by atoms with van der Waals surface area (Å²) < 4.78 is 35.0. The highest BCUT2D eigenvalue weighted by molar-refractivity contribution is 7.90. The molecule has 0 unspecified atom stereocenters. The summed E-state index contributed by atoms with van der Waals surface area (Å²) in [5.74, 6) is 0.260. The number of pyridine rings is 1. The number of amides is 1. The maximum absolute atomic E-state index is 13.2. The van der Waals surface area contributed by atoms with Crippen LogP contribution in [-0.2, 0) is 9.84 Å². The van der Waals surface area contributed by atoms with Crippen molar-refractivity contribution in [3.8, 4) is 17.4 Å². The number of nitrogens with zero attached hydrogens (tertiary/aromatic N) is 1. The molecule has 1 aromatic heterocycles. The van der Waals surface area contributed by atoms with E-state index < -0.39 is 15.7 Å². The molecule has 33 heavy (non-hydrogen) atoms. The number of hydrogen-bond donors (Lipinski definition) is 1. The molecule has 3 aromatic carbocycles. The normalized spacial score (nSPS) is 11.2. The van der Waals surface area contributed by atoms with Gasteiger partial charge >= 0.3 is 0 Å². The minimum absolute atomic E-state index is 0.0612. The van der Waals surface area contributed by atoms with Gasteiger partial charge < -0.3 is 14.8 Å². The maximum Gasteiger partial charge on any atom is 0.261 e. The van der Waals surface area contributed by atoms with Crippen molar-refractivity contribution < 1.29 is 22.7 Å². The Morgan fingerprint density at radius 1 is 0.970 bits per heavy atom. The van der Waals surface area contributed by atoms with Crippen LogP contribution in [0.1, 0.15) is 10.4 Å². The van der Waals surface area contributed by atoms with E-state index in [0.29, 0.717) is 27.7 Å². The first-order valence-electron chi connectivity index (χ1n) is 9.77. The minimum atomic E-state index is -3.43. The minimum Gasteiger partial charge on any atom is -0.493 e. The van der Waals surface area contributed by atoms with Gasteiger partial charge in [-0.3, -0.25) is 4.79 Å². The van der Waals surface area contributed by atoms with Gasteiger partial charge in [0.2, 0.25) is 5.88 Å². The summed E-state index contributed by atoms with van der Waals surface area (Å²) in [6.07, 6.45) is 1.10. The Kier molecular flexibility index (Phi) is 6.22. The SMILES string of the molecule is COc1cc(Cl)ccc1Oc1nc2ccccc2cc1C(=O)Nc1cccc(S(C)(=O)=O)c1. The molecule has 0 bridgehead atoms. The number of hydrogen-bond acceptors (Lipinski definition) is 6. The third-order valence-corrected chi connectivity index (χ3v) is 6.13. The summed E-state index contributed by atoms with van der Waals surface area (Å²) in [6, 6.07) is 19.8. The number of sulfone groups is 1. The third-order valence-electron chi connectivity index (χ3n) is 4.79. The second-order valence-corrected chi connectivity index (χ2v) is 9.64. The Morgan fingerprint density at radius 2 is 1.76 bits per heavy atom. The molecule has 0 radical (unpaired) electrons. The van der Waals surface area contributed by atoms with Crippen LogP contribution < -0.4 is 14.8 Å². The molecule has 0 saturated carbocycles. The Hall–Kier alpha value is -3.62. The van der Waals surface area contributed by atoms with Crippen molar-refractivity contribution in [2.75, 3.05) is 18.7 Å². The zero-order valence-corrected chi connectivity index (χ0v) is 19.3. The van der Waals surface area contributed by atoms with Crippen LogP contribution in [0.3, 0.4) is 0 Å². The Balaban J connectivity index is 1.76. The summed E-state index contributed by atoms with van der Waals surface area (Å²) in [5.41, 5.74) is 1.12. The van der Waals surface area contributed by atoms with Crippen LogP contribution in [0.2, 0.25) is 5.02 Å². The maximum atomic E-state index is 13.2. The van der Waals surface area contributed by atoms with E-state index in [1.165, 1.54) is 19.2 Å². The number of carbonyl (C=O) groups excluding carboxylic acids is 1. The molecule has 0 aliphatic rings. The smallest absolute Gasteiger partial charge is 0.261 e. The molecule has 4 aromatic rings. The number of nitrogens with one attached hydrogen (secondary N) is 1. The lowest BCUT2D eigenvalue weighted by Crippen LogP contribution is -2.14. The van der Waals surface area contributed by atoms with E-state index in [4.69, 9.17) is 21.1 Å². The number of benzene rings is 3. The van der Waals surface area contributed by atoms with Crippen molar-refractivity contribution in [3.63, 3.8) is 0 Å². The van der Waals surface area contributed by atoms with Gasteiger partial charge in [0.05, 0.1) is 17.5 Å². The number of methoxy groups -OCH3 is 1. The number of aromatic nitrogens is 1. The number of halogens is 1. The first-order chi connectivity index (χ1) is 15.7. The molecule has 0 saturated heterocycles. The molecule has 0 aliphatic heterocycles. The van der Waals surface area contributed by atoms with Gasteiger partial charge in [-0.1, -0.05) is 35.9 Å². The van der Waals surface area contributed by atoms with Gasteiger partial charge in [-0.2, -0.15) is 0 Å². The fraction of sp³-hybridized carbons (Fsp3) is 0.0833. The molecule has 1 amide bonds. The second-order valence-electron chi connectivity index (χ2n) is 7.19. The molecule has 0 atom stereocenters. The molecule has 1 N–H and O–H groups in total. The molecule has 9 heteroatoms. The first kappa shape index (κ1) is 22.6. The lowest BCUT2D eigenvalue weighted by molar-refractivity contribution is 0.102. The van der Waals surface area contributed by atoms with Gasteiger partial charge in [-0.25, -0.2) is 13.4 Å². The van der Waals surface area contributed by atoms with Crippen LogP contribution in [0.25, 0.3) is 10.9 Å². The molecular formula is C24H19ClN2O5S. The number of para-hydroxylation sites is 1. The largest absolute Gasteiger partial charge is 0.493 e. The Morgan fingerprint density at radius 3 is 2.52 bits per heavy atom. The topological polar surface area (TPSA) is 94.6 Å². The van der Waals surface area contributed by atoms with Crippen molar-refractivity contribution in [1.82, 2.24) is 4.98 Å². The van der Waals surface area contributed by atoms with Gasteiger partial charge in [0.25, 0.3) is 5.91 Å². The zero-order valence-electron chi connectivity index (χ0n) is 17.7. The number of ether oxygens (including phenoxy) is 2. The molecule has 1 heterocycles. The van der Waals surface area contributed by atoms with E-state index in [1.807, 2.05) is 18.2 Å². The summed E-state index contributed by atoms with van der Waals surface area (Å²) in [5, 5.41) is 3.93. The van der Waals surface area contributed by atoms with E-state index in [-0.39, 0.29) is 16.3 Å². The molecular weight excluding hydrogens is 464 g/mol. The van der Waals surface area contributed by atoms with Gasteiger partial charge in [0, 0.05) is 28.4 Å². The van der Waals surface area contributed by atoms with Crippen LogP contribution in [0.15, 0.2) is 77.7 Å². The number of fused-ring (bicyclic) bond motifs is 1. The monoisotopic (exact) mass is 482 g/mol. The van der Waals surface area contributed by atoms with Crippen LogP contribution in [0.5, 0.6) is 17.4 Å². The number of carbonyl (C=O) groups is 1. The van der Waals surface area contributed by atoms with E-state index >= 15 is 0 Å². The van der Waals surface area contributed by atoms with Gasteiger partial charge in [0.1, 0.15) is 5.56 Å². The summed E-state index contributed by atoms with van der Waals surface area (Å²) in [7, 11) is -1.95. The van der Waals surface area contributed by atoms with E-state index in [2.05, 4.69) is 10.3 Å². The van der Waals surface area contributed by atoms with Crippen molar-refractivity contribution in [2.24, 2.45) is 0 Å². The highest BCUT2D eigenvalue weighted by Crippen LogP contribution is 2.35. The van der Waals surface area contributed by atoms with E-state index in [9.17, 15) is 13.2 Å². The average Bonchev–Trinajstić information content (AvgIpc) is 2.79. The number of anilines is 1. The van der Waals surface area contributed by atoms with Crippen molar-refractivity contribution in [2.45, 2.75) is 4.90 Å². The summed E-state index contributed by atoms with van der Waals surface area (Å²) >= 11 is 6.04. The van der Waals surface area contributed by atoms with Gasteiger partial charge in [-0.15, -0.1) is 0 Å².